The number of thioether (sulfide) groups is 1. The third-order valence-electron chi connectivity index (χ3n) is 2.38. The fourth-order valence-electron chi connectivity index (χ4n) is 1.47. The summed E-state index contributed by atoms with van der Waals surface area (Å²) in [7, 11) is 0. The van der Waals surface area contributed by atoms with E-state index < -0.39 is 5.97 Å². The van der Waals surface area contributed by atoms with Crippen LogP contribution in [0.15, 0.2) is 39.0 Å². The zero-order chi connectivity index (χ0) is 13.7. The molecule has 100 valence electrons. The van der Waals surface area contributed by atoms with E-state index in [9.17, 15) is 4.79 Å². The number of thiazole rings is 1. The van der Waals surface area contributed by atoms with Gasteiger partial charge in [-0.1, -0.05) is 12.1 Å². The molecule has 0 saturated heterocycles. The standard InChI is InChI=1S/C13H12BrNO2S2/c14-10-3-1-2-4-11(10)18-8-12-15-9(7-19-12)5-6-13(16)17/h1-4,7H,5-6,8H2,(H,16,17). The summed E-state index contributed by atoms with van der Waals surface area (Å²) in [5.41, 5.74) is 0.870. The molecule has 0 atom stereocenters. The molecule has 0 fully saturated rings. The zero-order valence-electron chi connectivity index (χ0n) is 10.0. The normalized spacial score (nSPS) is 10.6. The zero-order valence-corrected chi connectivity index (χ0v) is 13.2. The number of hydrogen-bond acceptors (Lipinski definition) is 4. The Hall–Kier alpha value is -0.850. The van der Waals surface area contributed by atoms with Gasteiger partial charge in [0, 0.05) is 21.2 Å². The topological polar surface area (TPSA) is 50.2 Å². The Balaban J connectivity index is 1.90. The molecule has 0 bridgehead atoms. The van der Waals surface area contributed by atoms with Crippen molar-refractivity contribution in [1.82, 2.24) is 4.98 Å². The van der Waals surface area contributed by atoms with Crippen LogP contribution in [0.4, 0.5) is 0 Å². The highest BCUT2D eigenvalue weighted by molar-refractivity contribution is 9.10. The molecule has 0 amide bonds. The van der Waals surface area contributed by atoms with E-state index in [1.165, 1.54) is 4.90 Å². The summed E-state index contributed by atoms with van der Waals surface area (Å²) < 4.78 is 1.09. The molecule has 0 spiro atoms. The number of carbonyl (C=O) groups is 1. The van der Waals surface area contributed by atoms with Crippen LogP contribution in [0.25, 0.3) is 0 Å². The van der Waals surface area contributed by atoms with Crippen LogP contribution in [0.1, 0.15) is 17.1 Å². The molecule has 0 aliphatic heterocycles. The molecule has 0 saturated carbocycles. The maximum absolute atomic E-state index is 10.5. The van der Waals surface area contributed by atoms with Gasteiger partial charge in [-0.2, -0.15) is 0 Å². The van der Waals surface area contributed by atoms with E-state index in [-0.39, 0.29) is 6.42 Å². The molecule has 2 aromatic rings. The van der Waals surface area contributed by atoms with Crippen molar-refractivity contribution >= 4 is 45.0 Å². The average Bonchev–Trinajstić information content (AvgIpc) is 2.83. The number of rotatable bonds is 6. The minimum absolute atomic E-state index is 0.139. The van der Waals surface area contributed by atoms with Crippen LogP contribution in [0.3, 0.4) is 0 Å². The van der Waals surface area contributed by atoms with Gasteiger partial charge >= 0.3 is 5.97 Å². The van der Waals surface area contributed by atoms with Crippen molar-refractivity contribution < 1.29 is 9.90 Å². The monoisotopic (exact) mass is 357 g/mol. The van der Waals surface area contributed by atoms with Crippen molar-refractivity contribution in [1.29, 1.82) is 0 Å². The number of aliphatic carboxylic acids is 1. The van der Waals surface area contributed by atoms with Gasteiger partial charge in [-0.15, -0.1) is 23.1 Å². The van der Waals surface area contributed by atoms with Crippen molar-refractivity contribution in [2.45, 2.75) is 23.5 Å². The van der Waals surface area contributed by atoms with Gasteiger partial charge in [0.25, 0.3) is 0 Å². The fourth-order valence-corrected chi connectivity index (χ4v) is 3.88. The minimum atomic E-state index is -0.780. The third kappa shape index (κ3) is 4.63. The summed E-state index contributed by atoms with van der Waals surface area (Å²) >= 11 is 6.82. The lowest BCUT2D eigenvalue weighted by atomic mass is 10.2. The van der Waals surface area contributed by atoms with Gasteiger partial charge in [-0.25, -0.2) is 4.98 Å². The lowest BCUT2D eigenvalue weighted by Gasteiger charge is -2.01. The largest absolute Gasteiger partial charge is 0.481 e. The molecule has 1 heterocycles. The second kappa shape index (κ2) is 7.07. The number of aryl methyl sites for hydroxylation is 1. The number of hydrogen-bond donors (Lipinski definition) is 1. The van der Waals surface area contributed by atoms with Crippen LogP contribution in [0.5, 0.6) is 0 Å². The first-order chi connectivity index (χ1) is 9.15. The first-order valence-corrected chi connectivity index (χ1v) is 8.33. The first-order valence-electron chi connectivity index (χ1n) is 5.67. The number of benzene rings is 1. The molecule has 0 radical (unpaired) electrons. The van der Waals surface area contributed by atoms with Crippen LogP contribution in [-0.2, 0) is 17.0 Å². The van der Waals surface area contributed by atoms with Crippen molar-refractivity contribution in [3.05, 3.63) is 44.8 Å². The predicted octanol–water partition coefficient (Wildman–Crippen LogP) is 4.22. The Bertz CT molecular complexity index is 571. The van der Waals surface area contributed by atoms with Gasteiger partial charge in [0.05, 0.1) is 17.9 Å². The molecule has 1 N–H and O–H groups in total. The summed E-state index contributed by atoms with van der Waals surface area (Å²) in [6.07, 6.45) is 0.645. The van der Waals surface area contributed by atoms with Gasteiger partial charge < -0.3 is 5.11 Å². The van der Waals surface area contributed by atoms with E-state index in [0.29, 0.717) is 6.42 Å². The Morgan fingerprint density at radius 3 is 2.95 bits per heavy atom. The lowest BCUT2D eigenvalue weighted by molar-refractivity contribution is -0.136. The minimum Gasteiger partial charge on any atom is -0.481 e. The number of aromatic nitrogens is 1. The van der Waals surface area contributed by atoms with Crippen molar-refractivity contribution in [3.8, 4) is 0 Å². The third-order valence-corrected chi connectivity index (χ3v) is 5.50. The van der Waals surface area contributed by atoms with Gasteiger partial charge in [0.1, 0.15) is 5.01 Å². The molecular weight excluding hydrogens is 346 g/mol. The van der Waals surface area contributed by atoms with E-state index in [4.69, 9.17) is 5.11 Å². The smallest absolute Gasteiger partial charge is 0.303 e. The lowest BCUT2D eigenvalue weighted by Crippen LogP contribution is -1.97. The molecule has 2 rings (SSSR count). The van der Waals surface area contributed by atoms with E-state index in [1.807, 2.05) is 23.6 Å². The molecular formula is C13H12BrNO2S2. The first kappa shape index (κ1) is 14.6. The van der Waals surface area contributed by atoms with Gasteiger partial charge in [0.2, 0.25) is 0 Å². The van der Waals surface area contributed by atoms with E-state index >= 15 is 0 Å². The molecule has 19 heavy (non-hydrogen) atoms. The van der Waals surface area contributed by atoms with Crippen LogP contribution in [-0.4, -0.2) is 16.1 Å². The summed E-state index contributed by atoms with van der Waals surface area (Å²) in [4.78, 5) is 16.1. The van der Waals surface area contributed by atoms with E-state index in [0.717, 1.165) is 20.9 Å². The average molecular weight is 358 g/mol. The van der Waals surface area contributed by atoms with E-state index in [2.05, 4.69) is 27.0 Å². The summed E-state index contributed by atoms with van der Waals surface area (Å²) in [6, 6.07) is 8.07. The fraction of sp³-hybridized carbons (Fsp3) is 0.231. The Morgan fingerprint density at radius 1 is 1.42 bits per heavy atom. The maximum atomic E-state index is 10.5. The summed E-state index contributed by atoms with van der Waals surface area (Å²) in [6.45, 7) is 0. The second-order valence-corrected chi connectivity index (χ2v) is 6.66. The van der Waals surface area contributed by atoms with Gasteiger partial charge in [0.15, 0.2) is 0 Å². The Kier molecular flexibility index (Phi) is 5.42. The van der Waals surface area contributed by atoms with Crippen LogP contribution >= 0.6 is 39.0 Å². The van der Waals surface area contributed by atoms with Crippen molar-refractivity contribution in [2.75, 3.05) is 0 Å². The highest BCUT2D eigenvalue weighted by Crippen LogP contribution is 2.30. The summed E-state index contributed by atoms with van der Waals surface area (Å²) in [5.74, 6) is 0.0255. The molecule has 1 aromatic heterocycles. The Morgan fingerprint density at radius 2 is 2.21 bits per heavy atom. The molecule has 0 aliphatic rings. The maximum Gasteiger partial charge on any atom is 0.303 e. The second-order valence-electron chi connectivity index (χ2n) is 3.85. The number of carboxylic acid groups (broad SMARTS) is 1. The number of carboxylic acids is 1. The van der Waals surface area contributed by atoms with Crippen molar-refractivity contribution in [3.63, 3.8) is 0 Å². The highest BCUT2D eigenvalue weighted by atomic mass is 79.9. The quantitative estimate of drug-likeness (QED) is 0.786. The molecule has 1 aromatic carbocycles. The van der Waals surface area contributed by atoms with E-state index in [1.54, 1.807) is 23.1 Å². The van der Waals surface area contributed by atoms with Crippen LogP contribution in [0, 0.1) is 0 Å². The predicted molar refractivity (Wildman–Crippen MR) is 81.8 cm³/mol. The van der Waals surface area contributed by atoms with Crippen LogP contribution < -0.4 is 0 Å². The molecule has 0 unspecified atom stereocenters. The summed E-state index contributed by atoms with van der Waals surface area (Å²) in [5, 5.41) is 11.6. The SMILES string of the molecule is O=C(O)CCc1csc(CSc2ccccc2Br)n1. The highest BCUT2D eigenvalue weighted by Gasteiger charge is 2.06. The van der Waals surface area contributed by atoms with Crippen LogP contribution in [0.2, 0.25) is 0 Å². The van der Waals surface area contributed by atoms with Crippen molar-refractivity contribution in [2.24, 2.45) is 0 Å². The molecule has 0 aliphatic carbocycles. The molecule has 3 nitrogen and oxygen atoms in total. The number of halogens is 1. The molecule has 6 heteroatoms. The number of nitrogens with zero attached hydrogens (tertiary/aromatic N) is 1. The van der Waals surface area contributed by atoms with Gasteiger partial charge in [-0.05, 0) is 28.1 Å². The van der Waals surface area contributed by atoms with Gasteiger partial charge in [-0.3, -0.25) is 4.79 Å². The Labute approximate surface area is 128 Å².